The molecule has 0 aliphatic heterocycles. The summed E-state index contributed by atoms with van der Waals surface area (Å²) in [5.74, 6) is -0.192. The monoisotopic (exact) mass is 293 g/mol. The molecule has 0 aromatic heterocycles. The number of benzene rings is 1. The molecule has 0 amide bonds. The normalized spacial score (nSPS) is 35.1. The van der Waals surface area contributed by atoms with E-state index in [1.807, 2.05) is 6.92 Å². The number of rotatable bonds is 3. The second-order valence-electron chi connectivity index (χ2n) is 7.69. The van der Waals surface area contributed by atoms with Crippen LogP contribution in [-0.4, -0.2) is 6.04 Å². The zero-order valence-corrected chi connectivity index (χ0v) is 13.3. The molecule has 2 saturated carbocycles. The summed E-state index contributed by atoms with van der Waals surface area (Å²) in [5, 5.41) is 3.52. The van der Waals surface area contributed by atoms with Crippen molar-refractivity contribution in [3.8, 4) is 0 Å². The fraction of sp³-hybridized carbons (Fsp3) is 0.667. The molecule has 21 heavy (non-hydrogen) atoms. The van der Waals surface area contributed by atoms with Crippen LogP contribution in [0.3, 0.4) is 0 Å². The van der Waals surface area contributed by atoms with Crippen LogP contribution in [0, 0.1) is 28.4 Å². The van der Waals surface area contributed by atoms with Gasteiger partial charge in [-0.2, -0.15) is 0 Å². The molecule has 0 radical (unpaired) electrons. The number of hydrogen-bond acceptors (Lipinski definition) is 1. The summed E-state index contributed by atoms with van der Waals surface area (Å²) in [4.78, 5) is 0. The van der Waals surface area contributed by atoms with Gasteiger partial charge in [-0.3, -0.25) is 0 Å². The lowest BCUT2D eigenvalue weighted by Gasteiger charge is -2.40. The summed E-state index contributed by atoms with van der Waals surface area (Å²) in [6, 6.07) is 4.12. The minimum absolute atomic E-state index is 0.168. The van der Waals surface area contributed by atoms with Crippen molar-refractivity contribution in [1.29, 1.82) is 0 Å². The Kier molecular flexibility index (Phi) is 3.40. The summed E-state index contributed by atoms with van der Waals surface area (Å²) in [7, 11) is 0. The SMILES string of the molecule is CC(NC1CC2CCC1(C)C2(C)C)c1c(F)cccc1F. The molecule has 2 fully saturated rings. The molecule has 3 heteroatoms. The van der Waals surface area contributed by atoms with Crippen LogP contribution in [0.2, 0.25) is 0 Å². The van der Waals surface area contributed by atoms with Crippen molar-refractivity contribution in [3.05, 3.63) is 35.4 Å². The molecule has 116 valence electrons. The van der Waals surface area contributed by atoms with E-state index in [4.69, 9.17) is 0 Å². The van der Waals surface area contributed by atoms with Gasteiger partial charge in [-0.15, -0.1) is 0 Å². The fourth-order valence-corrected chi connectivity index (χ4v) is 4.77. The number of fused-ring (bicyclic) bond motifs is 2. The second kappa shape index (κ2) is 4.77. The smallest absolute Gasteiger partial charge is 0.130 e. The summed E-state index contributed by atoms with van der Waals surface area (Å²) >= 11 is 0. The van der Waals surface area contributed by atoms with Crippen LogP contribution < -0.4 is 5.32 Å². The molecule has 3 rings (SSSR count). The van der Waals surface area contributed by atoms with Crippen LogP contribution in [0.1, 0.15) is 58.6 Å². The quantitative estimate of drug-likeness (QED) is 0.841. The first-order chi connectivity index (χ1) is 9.77. The maximum Gasteiger partial charge on any atom is 0.130 e. The molecule has 0 spiro atoms. The van der Waals surface area contributed by atoms with Crippen LogP contribution in [0.25, 0.3) is 0 Å². The van der Waals surface area contributed by atoms with Gasteiger partial charge in [0.05, 0.1) is 0 Å². The lowest BCUT2D eigenvalue weighted by molar-refractivity contribution is 0.116. The maximum atomic E-state index is 13.9. The van der Waals surface area contributed by atoms with Crippen LogP contribution in [-0.2, 0) is 0 Å². The van der Waals surface area contributed by atoms with Gasteiger partial charge in [-0.1, -0.05) is 26.8 Å². The highest BCUT2D eigenvalue weighted by atomic mass is 19.1. The molecule has 2 aliphatic rings. The highest BCUT2D eigenvalue weighted by Crippen LogP contribution is 2.65. The van der Waals surface area contributed by atoms with Crippen LogP contribution in [0.4, 0.5) is 8.78 Å². The standard InChI is InChI=1S/C18H25F2N/c1-11(16-13(19)6-5-7-14(16)20)21-15-10-12-8-9-18(15,4)17(12,2)3/h5-7,11-12,15,21H,8-10H2,1-4H3. The van der Waals surface area contributed by atoms with Gasteiger partial charge in [-0.05, 0) is 55.1 Å². The molecule has 2 bridgehead atoms. The molecule has 1 aromatic carbocycles. The zero-order chi connectivity index (χ0) is 15.4. The Morgan fingerprint density at radius 1 is 1.19 bits per heavy atom. The van der Waals surface area contributed by atoms with Gasteiger partial charge in [0.1, 0.15) is 11.6 Å². The van der Waals surface area contributed by atoms with Crippen LogP contribution in [0.15, 0.2) is 18.2 Å². The maximum absolute atomic E-state index is 13.9. The third-order valence-corrected chi connectivity index (χ3v) is 6.68. The summed E-state index contributed by atoms with van der Waals surface area (Å²) in [6.45, 7) is 8.90. The Bertz CT molecular complexity index is 534. The van der Waals surface area contributed by atoms with E-state index in [1.165, 1.54) is 31.0 Å². The molecule has 1 N–H and O–H groups in total. The number of hydrogen-bond donors (Lipinski definition) is 1. The molecular formula is C18H25F2N. The largest absolute Gasteiger partial charge is 0.307 e. The Labute approximate surface area is 126 Å². The zero-order valence-electron chi connectivity index (χ0n) is 13.3. The van der Waals surface area contributed by atoms with Crippen molar-refractivity contribution in [2.45, 2.75) is 59.0 Å². The van der Waals surface area contributed by atoms with Crippen molar-refractivity contribution >= 4 is 0 Å². The van der Waals surface area contributed by atoms with Gasteiger partial charge in [0.15, 0.2) is 0 Å². The van der Waals surface area contributed by atoms with Crippen molar-refractivity contribution < 1.29 is 8.78 Å². The third kappa shape index (κ3) is 2.04. The molecule has 1 aromatic rings. The van der Waals surface area contributed by atoms with Crippen molar-refractivity contribution in [2.75, 3.05) is 0 Å². The number of halogens is 2. The van der Waals surface area contributed by atoms with Crippen molar-refractivity contribution in [3.63, 3.8) is 0 Å². The lowest BCUT2D eigenvalue weighted by atomic mass is 9.69. The van der Waals surface area contributed by atoms with E-state index in [1.54, 1.807) is 0 Å². The summed E-state index contributed by atoms with van der Waals surface area (Å²) < 4.78 is 27.9. The van der Waals surface area contributed by atoms with Crippen LogP contribution >= 0.6 is 0 Å². The second-order valence-corrected chi connectivity index (χ2v) is 7.69. The van der Waals surface area contributed by atoms with E-state index in [-0.39, 0.29) is 17.0 Å². The van der Waals surface area contributed by atoms with Crippen molar-refractivity contribution in [1.82, 2.24) is 5.32 Å². The molecule has 0 saturated heterocycles. The first-order valence-electron chi connectivity index (χ1n) is 7.97. The summed E-state index contributed by atoms with van der Waals surface area (Å²) in [5.41, 5.74) is 0.688. The van der Waals surface area contributed by atoms with E-state index < -0.39 is 11.6 Å². The van der Waals surface area contributed by atoms with E-state index in [2.05, 4.69) is 26.1 Å². The Morgan fingerprint density at radius 2 is 1.81 bits per heavy atom. The predicted octanol–water partition coefficient (Wildman–Crippen LogP) is 4.83. The van der Waals surface area contributed by atoms with E-state index >= 15 is 0 Å². The Morgan fingerprint density at radius 3 is 2.29 bits per heavy atom. The minimum atomic E-state index is -0.456. The van der Waals surface area contributed by atoms with E-state index in [0.717, 1.165) is 12.3 Å². The topological polar surface area (TPSA) is 12.0 Å². The first-order valence-corrected chi connectivity index (χ1v) is 7.97. The lowest BCUT2D eigenvalue weighted by Crippen LogP contribution is -2.45. The molecular weight excluding hydrogens is 268 g/mol. The molecule has 4 unspecified atom stereocenters. The number of nitrogens with one attached hydrogen (secondary N) is 1. The van der Waals surface area contributed by atoms with E-state index in [0.29, 0.717) is 11.5 Å². The fourth-order valence-electron chi connectivity index (χ4n) is 4.77. The first kappa shape index (κ1) is 15.0. The molecule has 0 heterocycles. The highest BCUT2D eigenvalue weighted by molar-refractivity contribution is 5.24. The Balaban J connectivity index is 1.82. The van der Waals surface area contributed by atoms with Gasteiger partial charge >= 0.3 is 0 Å². The van der Waals surface area contributed by atoms with Crippen molar-refractivity contribution in [2.24, 2.45) is 16.7 Å². The van der Waals surface area contributed by atoms with E-state index in [9.17, 15) is 8.78 Å². The average Bonchev–Trinajstić information content (AvgIpc) is 2.71. The van der Waals surface area contributed by atoms with Gasteiger partial charge in [0.2, 0.25) is 0 Å². The minimum Gasteiger partial charge on any atom is -0.307 e. The Hall–Kier alpha value is -0.960. The third-order valence-electron chi connectivity index (χ3n) is 6.68. The average molecular weight is 293 g/mol. The predicted molar refractivity (Wildman–Crippen MR) is 80.9 cm³/mol. The molecule has 2 aliphatic carbocycles. The molecule has 4 atom stereocenters. The summed E-state index contributed by atoms with van der Waals surface area (Å²) in [6.07, 6.45) is 3.60. The molecule has 1 nitrogen and oxygen atoms in total. The van der Waals surface area contributed by atoms with Gasteiger partial charge in [0.25, 0.3) is 0 Å². The van der Waals surface area contributed by atoms with Gasteiger partial charge in [-0.25, -0.2) is 8.78 Å². The van der Waals surface area contributed by atoms with Crippen LogP contribution in [0.5, 0.6) is 0 Å². The van der Waals surface area contributed by atoms with Gasteiger partial charge < -0.3 is 5.32 Å². The highest BCUT2D eigenvalue weighted by Gasteiger charge is 2.61. The van der Waals surface area contributed by atoms with Gasteiger partial charge in [0, 0.05) is 17.6 Å².